The molecule has 140 valence electrons. The Hall–Kier alpha value is -3.04. The molecule has 3 aromatic carbocycles. The van der Waals surface area contributed by atoms with Gasteiger partial charge in [0.15, 0.2) is 6.10 Å². The van der Waals surface area contributed by atoms with E-state index in [0.717, 1.165) is 27.7 Å². The Morgan fingerprint density at radius 1 is 0.964 bits per heavy atom. The second kappa shape index (κ2) is 7.53. The maximum absolute atomic E-state index is 13.1. The van der Waals surface area contributed by atoms with Gasteiger partial charge in [0, 0.05) is 22.2 Å². The predicted molar refractivity (Wildman–Crippen MR) is 114 cm³/mol. The van der Waals surface area contributed by atoms with Crippen LogP contribution in [0.2, 0.25) is 5.02 Å². The molecule has 4 aromatic rings. The fraction of sp³-hybridized carbons (Fsp3) is 0.125. The lowest BCUT2D eigenvalue weighted by Gasteiger charge is -2.16. The molecule has 0 unspecified atom stereocenters. The molecule has 0 saturated heterocycles. The van der Waals surface area contributed by atoms with Gasteiger partial charge in [-0.1, -0.05) is 66.2 Å². The smallest absolute Gasteiger partial charge is 0.205 e. The highest BCUT2D eigenvalue weighted by Crippen LogP contribution is 2.32. The molecule has 0 aliphatic heterocycles. The van der Waals surface area contributed by atoms with Crippen molar-refractivity contribution in [1.29, 1.82) is 0 Å². The number of aromatic nitrogens is 1. The van der Waals surface area contributed by atoms with Crippen LogP contribution in [-0.2, 0) is 0 Å². The fourth-order valence-corrected chi connectivity index (χ4v) is 3.67. The topological polar surface area (TPSA) is 42.1 Å². The van der Waals surface area contributed by atoms with Crippen molar-refractivity contribution < 1.29 is 9.53 Å². The zero-order valence-corrected chi connectivity index (χ0v) is 16.5. The number of aromatic amines is 1. The minimum atomic E-state index is -0.655. The summed E-state index contributed by atoms with van der Waals surface area (Å²) < 4.78 is 5.93. The van der Waals surface area contributed by atoms with E-state index < -0.39 is 6.10 Å². The van der Waals surface area contributed by atoms with Gasteiger partial charge in [0.2, 0.25) is 5.78 Å². The van der Waals surface area contributed by atoms with Crippen molar-refractivity contribution in [1.82, 2.24) is 4.98 Å². The molecule has 0 bridgehead atoms. The average molecular weight is 390 g/mol. The van der Waals surface area contributed by atoms with E-state index in [1.807, 2.05) is 79.7 Å². The summed E-state index contributed by atoms with van der Waals surface area (Å²) in [5.74, 6) is 0.429. The first-order chi connectivity index (χ1) is 13.5. The van der Waals surface area contributed by atoms with Crippen molar-refractivity contribution in [3.05, 3.63) is 89.1 Å². The van der Waals surface area contributed by atoms with Gasteiger partial charge in [-0.15, -0.1) is 0 Å². The number of carbonyl (C=O) groups is 1. The number of hydrogen-bond donors (Lipinski definition) is 1. The van der Waals surface area contributed by atoms with Crippen molar-refractivity contribution in [2.45, 2.75) is 20.0 Å². The number of benzene rings is 3. The van der Waals surface area contributed by atoms with E-state index in [1.165, 1.54) is 0 Å². The summed E-state index contributed by atoms with van der Waals surface area (Å²) >= 11 is 6.44. The molecule has 28 heavy (non-hydrogen) atoms. The summed E-state index contributed by atoms with van der Waals surface area (Å²) in [6.45, 7) is 3.66. The normalized spacial score (nSPS) is 12.1. The van der Waals surface area contributed by atoms with E-state index in [0.29, 0.717) is 16.3 Å². The lowest BCUT2D eigenvalue weighted by atomic mass is 10.0. The number of para-hydroxylation sites is 1. The predicted octanol–water partition coefficient (Wildman–Crippen LogP) is 6.45. The highest BCUT2D eigenvalue weighted by molar-refractivity contribution is 6.32. The number of Topliss-reactive ketones (excluding diaryl/α,β-unsaturated/α-hetero) is 1. The Labute approximate surface area is 168 Å². The Kier molecular flexibility index (Phi) is 4.93. The summed E-state index contributed by atoms with van der Waals surface area (Å²) in [6, 6.07) is 23.4. The first-order valence-corrected chi connectivity index (χ1v) is 9.55. The number of rotatable bonds is 5. The van der Waals surface area contributed by atoms with E-state index in [9.17, 15) is 4.79 Å². The number of hydrogen-bond acceptors (Lipinski definition) is 2. The fourth-order valence-electron chi connectivity index (χ4n) is 3.45. The van der Waals surface area contributed by atoms with Crippen molar-refractivity contribution in [2.75, 3.05) is 0 Å². The number of ether oxygens (including phenoxy) is 1. The van der Waals surface area contributed by atoms with Gasteiger partial charge in [0.05, 0.1) is 5.02 Å². The maximum atomic E-state index is 13.1. The molecule has 0 fully saturated rings. The molecule has 1 aromatic heterocycles. The second-order valence-corrected chi connectivity index (χ2v) is 7.21. The number of fused-ring (bicyclic) bond motifs is 1. The molecule has 0 radical (unpaired) electrons. The van der Waals surface area contributed by atoms with Gasteiger partial charge in [-0.2, -0.15) is 0 Å². The molecule has 3 nitrogen and oxygen atoms in total. The van der Waals surface area contributed by atoms with Gasteiger partial charge in [0.1, 0.15) is 5.75 Å². The summed E-state index contributed by atoms with van der Waals surface area (Å²) in [5, 5.41) is 1.39. The summed E-state index contributed by atoms with van der Waals surface area (Å²) in [5.41, 5.74) is 4.53. The van der Waals surface area contributed by atoms with E-state index in [4.69, 9.17) is 16.3 Å². The van der Waals surface area contributed by atoms with Crippen LogP contribution in [0.3, 0.4) is 0 Å². The summed E-state index contributed by atoms with van der Waals surface area (Å²) in [4.78, 5) is 16.3. The van der Waals surface area contributed by atoms with Crippen molar-refractivity contribution in [2.24, 2.45) is 0 Å². The van der Waals surface area contributed by atoms with Crippen LogP contribution in [0.1, 0.15) is 23.0 Å². The highest BCUT2D eigenvalue weighted by atomic mass is 35.5. The average Bonchev–Trinajstić information content (AvgIpc) is 3.05. The third-order valence-electron chi connectivity index (χ3n) is 4.85. The Balaban J connectivity index is 1.59. The van der Waals surface area contributed by atoms with Gasteiger partial charge in [0.25, 0.3) is 0 Å². The number of nitrogens with one attached hydrogen (secondary N) is 1. The largest absolute Gasteiger partial charge is 0.481 e. The van der Waals surface area contributed by atoms with E-state index in [2.05, 4.69) is 4.98 Å². The molecule has 1 N–H and O–H groups in total. The molecular formula is C24H20ClNO2. The zero-order valence-electron chi connectivity index (χ0n) is 15.7. The maximum Gasteiger partial charge on any atom is 0.205 e. The van der Waals surface area contributed by atoms with Crippen molar-refractivity contribution >= 4 is 28.3 Å². The molecule has 0 spiro atoms. The molecule has 0 saturated carbocycles. The third kappa shape index (κ3) is 3.41. The number of halogens is 1. The minimum absolute atomic E-state index is 0.0712. The molecule has 1 atom stereocenters. The molecule has 0 aliphatic rings. The first kappa shape index (κ1) is 18.3. The van der Waals surface area contributed by atoms with Gasteiger partial charge in [-0.3, -0.25) is 4.79 Å². The van der Waals surface area contributed by atoms with Crippen LogP contribution in [-0.4, -0.2) is 16.9 Å². The first-order valence-electron chi connectivity index (χ1n) is 9.18. The quantitative estimate of drug-likeness (QED) is 0.398. The van der Waals surface area contributed by atoms with Gasteiger partial charge in [-0.05, 0) is 43.2 Å². The number of H-pyrrole nitrogens is 1. The molecule has 0 amide bonds. The Morgan fingerprint density at radius 2 is 1.68 bits per heavy atom. The van der Waals surface area contributed by atoms with E-state index in [1.54, 1.807) is 6.92 Å². The SMILES string of the molecule is Cc1[nH]c2ccccc2c1C(=O)[C@H](C)Oc1ccc(-c2ccccc2)cc1Cl. The summed E-state index contributed by atoms with van der Waals surface area (Å²) in [7, 11) is 0. The zero-order chi connectivity index (χ0) is 19.7. The summed E-state index contributed by atoms with van der Waals surface area (Å²) in [6.07, 6.45) is -0.655. The number of ketones is 1. The highest BCUT2D eigenvalue weighted by Gasteiger charge is 2.23. The monoisotopic (exact) mass is 389 g/mol. The Morgan fingerprint density at radius 3 is 2.43 bits per heavy atom. The molecule has 0 aliphatic carbocycles. The van der Waals surface area contributed by atoms with Crippen LogP contribution in [0.5, 0.6) is 5.75 Å². The van der Waals surface area contributed by atoms with Gasteiger partial charge < -0.3 is 9.72 Å². The van der Waals surface area contributed by atoms with Crippen LogP contribution in [0.25, 0.3) is 22.0 Å². The Bertz CT molecular complexity index is 1150. The van der Waals surface area contributed by atoms with Crippen LogP contribution in [0, 0.1) is 6.92 Å². The lowest BCUT2D eigenvalue weighted by molar-refractivity contribution is 0.0819. The number of aryl methyl sites for hydroxylation is 1. The molecule has 1 heterocycles. The minimum Gasteiger partial charge on any atom is -0.481 e. The lowest BCUT2D eigenvalue weighted by Crippen LogP contribution is -2.24. The third-order valence-corrected chi connectivity index (χ3v) is 5.15. The van der Waals surface area contributed by atoms with Gasteiger partial charge in [-0.25, -0.2) is 0 Å². The molecular weight excluding hydrogens is 370 g/mol. The second-order valence-electron chi connectivity index (χ2n) is 6.81. The van der Waals surface area contributed by atoms with Gasteiger partial charge >= 0.3 is 0 Å². The van der Waals surface area contributed by atoms with E-state index >= 15 is 0 Å². The molecule has 4 rings (SSSR count). The van der Waals surface area contributed by atoms with Crippen LogP contribution in [0.4, 0.5) is 0 Å². The van der Waals surface area contributed by atoms with Crippen molar-refractivity contribution in [3.63, 3.8) is 0 Å². The number of carbonyl (C=O) groups excluding carboxylic acids is 1. The van der Waals surface area contributed by atoms with Crippen molar-refractivity contribution in [3.8, 4) is 16.9 Å². The standard InChI is InChI=1S/C24H20ClNO2/c1-15-23(19-10-6-7-11-21(19)26-15)24(27)16(2)28-22-13-12-18(14-20(22)25)17-8-4-3-5-9-17/h3-14,16,26H,1-2H3/t16-/m0/s1. The molecule has 4 heteroatoms. The van der Waals surface area contributed by atoms with E-state index in [-0.39, 0.29) is 5.78 Å². The van der Waals surface area contributed by atoms with Crippen LogP contribution >= 0.6 is 11.6 Å². The van der Waals surface area contributed by atoms with Crippen LogP contribution < -0.4 is 4.74 Å². The van der Waals surface area contributed by atoms with Crippen LogP contribution in [0.15, 0.2) is 72.8 Å².